The molecular formula is C34H64Cl2O2. The second kappa shape index (κ2) is 36.7. The third kappa shape index (κ3) is 42.7. The summed E-state index contributed by atoms with van der Waals surface area (Å²) in [5, 5.41) is -0.374. The number of rotatable bonds is 29. The molecule has 0 radical (unpaired) electrons. The highest BCUT2D eigenvalue weighted by Crippen LogP contribution is 2.13. The number of unbranched alkanes of at least 4 members (excludes halogenated alkanes) is 23. The van der Waals surface area contributed by atoms with Gasteiger partial charge in [0.25, 0.3) is 0 Å². The number of allylic oxidation sites excluding steroid dienone is 2. The summed E-state index contributed by atoms with van der Waals surface area (Å²) in [6.45, 7) is 4.53. The van der Waals surface area contributed by atoms with Crippen LogP contribution < -0.4 is 0 Å². The van der Waals surface area contributed by atoms with Crippen LogP contribution in [0.5, 0.6) is 0 Å². The smallest absolute Gasteiger partial charge is 0.221 e. The molecular weight excluding hydrogens is 511 g/mol. The fourth-order valence-electron chi connectivity index (χ4n) is 4.62. The molecule has 0 unspecified atom stereocenters. The summed E-state index contributed by atoms with van der Waals surface area (Å²) in [4.78, 5) is 21.0. The number of hydrogen-bond acceptors (Lipinski definition) is 2. The fraction of sp³-hybridized carbons (Fsp3) is 0.882. The maximum Gasteiger partial charge on any atom is 0.221 e. The van der Waals surface area contributed by atoms with Crippen molar-refractivity contribution in [3.8, 4) is 0 Å². The van der Waals surface area contributed by atoms with Crippen LogP contribution >= 0.6 is 23.2 Å². The van der Waals surface area contributed by atoms with Gasteiger partial charge in [0.05, 0.1) is 0 Å². The van der Waals surface area contributed by atoms with Crippen molar-refractivity contribution in [2.75, 3.05) is 0 Å². The summed E-state index contributed by atoms with van der Waals surface area (Å²) in [5.41, 5.74) is 0. The zero-order valence-corrected chi connectivity index (χ0v) is 27.0. The summed E-state index contributed by atoms with van der Waals surface area (Å²) in [6.07, 6.45) is 39.8. The molecule has 38 heavy (non-hydrogen) atoms. The Morgan fingerprint density at radius 3 is 0.895 bits per heavy atom. The molecule has 0 amide bonds. The van der Waals surface area contributed by atoms with Crippen LogP contribution in [0.1, 0.15) is 194 Å². The van der Waals surface area contributed by atoms with E-state index in [0.29, 0.717) is 12.8 Å². The Hall–Kier alpha value is -0.340. The van der Waals surface area contributed by atoms with E-state index in [9.17, 15) is 9.59 Å². The van der Waals surface area contributed by atoms with Gasteiger partial charge in [0.15, 0.2) is 0 Å². The lowest BCUT2D eigenvalue weighted by atomic mass is 10.0. The van der Waals surface area contributed by atoms with Gasteiger partial charge in [0, 0.05) is 12.8 Å². The van der Waals surface area contributed by atoms with E-state index >= 15 is 0 Å². The molecule has 0 fully saturated rings. The molecule has 0 aromatic heterocycles. The van der Waals surface area contributed by atoms with E-state index < -0.39 is 0 Å². The molecule has 0 spiro atoms. The van der Waals surface area contributed by atoms with Gasteiger partial charge >= 0.3 is 0 Å². The molecule has 0 rings (SSSR count). The van der Waals surface area contributed by atoms with Crippen molar-refractivity contribution in [3.63, 3.8) is 0 Å². The molecule has 0 aliphatic rings. The predicted molar refractivity (Wildman–Crippen MR) is 171 cm³/mol. The van der Waals surface area contributed by atoms with Gasteiger partial charge in [-0.3, -0.25) is 9.59 Å². The van der Waals surface area contributed by atoms with E-state index in [1.165, 1.54) is 141 Å². The second-order valence-corrected chi connectivity index (χ2v) is 11.9. The van der Waals surface area contributed by atoms with E-state index in [4.69, 9.17) is 23.2 Å². The van der Waals surface area contributed by atoms with Crippen LogP contribution in [0.2, 0.25) is 0 Å². The third-order valence-electron chi connectivity index (χ3n) is 7.11. The monoisotopic (exact) mass is 574 g/mol. The topological polar surface area (TPSA) is 34.1 Å². The lowest BCUT2D eigenvalue weighted by Crippen LogP contribution is -1.86. The summed E-state index contributed by atoms with van der Waals surface area (Å²) >= 11 is 10.6. The van der Waals surface area contributed by atoms with Gasteiger partial charge in [0.2, 0.25) is 10.5 Å². The number of hydrogen-bond donors (Lipinski definition) is 0. The molecule has 0 saturated carbocycles. The average Bonchev–Trinajstić information content (AvgIpc) is 2.89. The zero-order chi connectivity index (χ0) is 28.4. The van der Waals surface area contributed by atoms with E-state index in [2.05, 4.69) is 26.0 Å². The van der Waals surface area contributed by atoms with Gasteiger partial charge < -0.3 is 0 Å². The van der Waals surface area contributed by atoms with Crippen LogP contribution in [0.15, 0.2) is 12.2 Å². The van der Waals surface area contributed by atoms with Gasteiger partial charge in [-0.15, -0.1) is 0 Å². The first-order valence-corrected chi connectivity index (χ1v) is 17.3. The van der Waals surface area contributed by atoms with E-state index in [0.717, 1.165) is 25.7 Å². The molecule has 0 aromatic carbocycles. The quantitative estimate of drug-likeness (QED) is 0.0505. The van der Waals surface area contributed by atoms with Crippen LogP contribution in [0, 0.1) is 0 Å². The first-order chi connectivity index (χ1) is 18.5. The van der Waals surface area contributed by atoms with Crippen LogP contribution in [0.3, 0.4) is 0 Å². The predicted octanol–water partition coefficient (Wildman–Crippen LogP) is 13.0. The third-order valence-corrected chi connectivity index (χ3v) is 7.49. The van der Waals surface area contributed by atoms with Crippen molar-refractivity contribution in [1.29, 1.82) is 0 Å². The normalized spacial score (nSPS) is 11.1. The maximum atomic E-state index is 10.5. The van der Waals surface area contributed by atoms with Crippen molar-refractivity contribution in [2.24, 2.45) is 0 Å². The molecule has 0 heterocycles. The Kier molecular flexibility index (Phi) is 38.4. The highest BCUT2D eigenvalue weighted by molar-refractivity contribution is 6.63. The number of halogens is 2. The minimum atomic E-state index is -0.192. The molecule has 0 aliphatic carbocycles. The number of carbonyl (C=O) groups is 2. The Balaban J connectivity index is 0. The summed E-state index contributed by atoms with van der Waals surface area (Å²) in [6, 6.07) is 0. The van der Waals surface area contributed by atoms with E-state index in [1.807, 2.05) is 0 Å². The molecule has 0 N–H and O–H groups in total. The van der Waals surface area contributed by atoms with Gasteiger partial charge in [-0.05, 0) is 61.7 Å². The van der Waals surface area contributed by atoms with Gasteiger partial charge in [-0.2, -0.15) is 0 Å². The maximum absolute atomic E-state index is 10.5. The van der Waals surface area contributed by atoms with E-state index in [1.54, 1.807) is 0 Å². The molecule has 226 valence electrons. The van der Waals surface area contributed by atoms with Crippen molar-refractivity contribution < 1.29 is 9.59 Å². The van der Waals surface area contributed by atoms with E-state index in [-0.39, 0.29) is 10.5 Å². The standard InChI is InChI=1S/C18H33ClO.C16H31ClO/c1-2-3-4-5-6-7-8-9-10-11-12-13-14-15-16-17-18(19)20;1-2-3-4-5-6-7-8-9-10-11-12-13-14-15-16(17)18/h9-10H,2-8,11-17H2,1H3;2-15H2,1H3/b10-9+;. The Morgan fingerprint density at radius 2 is 0.632 bits per heavy atom. The molecule has 4 heteroatoms. The first-order valence-electron chi connectivity index (χ1n) is 16.6. The minimum Gasteiger partial charge on any atom is -0.281 e. The van der Waals surface area contributed by atoms with Crippen molar-refractivity contribution in [2.45, 2.75) is 194 Å². The second-order valence-electron chi connectivity index (χ2n) is 11.0. The van der Waals surface area contributed by atoms with Crippen molar-refractivity contribution >= 4 is 33.7 Å². The van der Waals surface area contributed by atoms with Gasteiger partial charge in [0.1, 0.15) is 0 Å². The highest BCUT2D eigenvalue weighted by atomic mass is 35.5. The fourth-order valence-corrected chi connectivity index (χ4v) is 4.88. The SMILES string of the molecule is CCCCCCCC/C=C/CCCCCCCC(=O)Cl.CCCCCCCCCCCCCCCC(=O)Cl. The van der Waals surface area contributed by atoms with Gasteiger partial charge in [-0.25, -0.2) is 0 Å². The molecule has 0 bridgehead atoms. The highest BCUT2D eigenvalue weighted by Gasteiger charge is 1.97. The van der Waals surface area contributed by atoms with Crippen LogP contribution in [0.4, 0.5) is 0 Å². The lowest BCUT2D eigenvalue weighted by Gasteiger charge is -2.02. The number of carbonyl (C=O) groups excluding carboxylic acids is 2. The Bertz CT molecular complexity index is 505. The largest absolute Gasteiger partial charge is 0.281 e. The van der Waals surface area contributed by atoms with Crippen molar-refractivity contribution in [1.82, 2.24) is 0 Å². The molecule has 0 atom stereocenters. The minimum absolute atomic E-state index is 0.182. The van der Waals surface area contributed by atoms with Crippen LogP contribution in [-0.2, 0) is 9.59 Å². The summed E-state index contributed by atoms with van der Waals surface area (Å²) < 4.78 is 0. The average molecular weight is 576 g/mol. The Morgan fingerprint density at radius 1 is 0.395 bits per heavy atom. The molecule has 2 nitrogen and oxygen atoms in total. The zero-order valence-electron chi connectivity index (χ0n) is 25.5. The molecule has 0 aromatic rings. The summed E-state index contributed by atoms with van der Waals surface area (Å²) in [7, 11) is 0. The van der Waals surface area contributed by atoms with Crippen LogP contribution in [0.25, 0.3) is 0 Å². The first kappa shape index (κ1) is 39.8. The summed E-state index contributed by atoms with van der Waals surface area (Å²) in [5.74, 6) is 0. The lowest BCUT2D eigenvalue weighted by molar-refractivity contribution is -0.112. The molecule has 0 saturated heterocycles. The van der Waals surface area contributed by atoms with Crippen molar-refractivity contribution in [3.05, 3.63) is 12.2 Å². The van der Waals surface area contributed by atoms with Gasteiger partial charge in [-0.1, -0.05) is 154 Å². The van der Waals surface area contributed by atoms with Crippen LogP contribution in [-0.4, -0.2) is 10.5 Å². The Labute approximate surface area is 248 Å². The molecule has 0 aliphatic heterocycles.